The number of benzene rings is 1. The number of aromatic nitrogens is 3. The molecule has 1 heterocycles. The molecule has 8 nitrogen and oxygen atoms in total. The Kier molecular flexibility index (Phi) is 4.21. The molecule has 0 bridgehead atoms. The average molecular weight is 395 g/mol. The Morgan fingerprint density at radius 3 is 2.67 bits per heavy atom. The van der Waals surface area contributed by atoms with Crippen molar-refractivity contribution in [3.05, 3.63) is 33.4 Å². The number of hydrogen-bond acceptors (Lipinski definition) is 5. The molecule has 2 aromatic rings. The van der Waals surface area contributed by atoms with Crippen molar-refractivity contribution in [2.24, 2.45) is 12.8 Å². The number of carbonyl (C=O) groups excluding carboxylic acids is 1. The molecule has 112 valence electrons. The fourth-order valence-corrected chi connectivity index (χ4v) is 3.95. The SMILES string of the molecule is Cn1nnc(Br)c1S(=O)(=O)Nc1cc(C(N)=O)ccc1Cl. The van der Waals surface area contributed by atoms with Gasteiger partial charge in [-0.1, -0.05) is 16.8 Å². The Hall–Kier alpha value is -1.65. The number of halogens is 2. The number of amides is 1. The van der Waals surface area contributed by atoms with Crippen LogP contribution in [0, 0.1) is 0 Å². The predicted octanol–water partition coefficient (Wildman–Crippen LogP) is 1.13. The number of nitrogens with two attached hydrogens (primary N) is 1. The molecule has 1 aromatic carbocycles. The molecular weight excluding hydrogens is 386 g/mol. The number of carbonyl (C=O) groups is 1. The van der Waals surface area contributed by atoms with E-state index in [1.807, 2.05) is 0 Å². The summed E-state index contributed by atoms with van der Waals surface area (Å²) < 4.78 is 28.0. The van der Waals surface area contributed by atoms with E-state index in [0.29, 0.717) is 0 Å². The highest BCUT2D eigenvalue weighted by atomic mass is 79.9. The normalized spacial score (nSPS) is 11.4. The quantitative estimate of drug-likeness (QED) is 0.805. The molecular formula is C10H9BrClN5O3S. The van der Waals surface area contributed by atoms with Crippen LogP contribution >= 0.6 is 27.5 Å². The minimum atomic E-state index is -3.99. The molecule has 0 radical (unpaired) electrons. The van der Waals surface area contributed by atoms with Gasteiger partial charge in [-0.25, -0.2) is 4.68 Å². The lowest BCUT2D eigenvalue weighted by molar-refractivity contribution is 0.100. The van der Waals surface area contributed by atoms with E-state index in [0.717, 1.165) is 4.68 Å². The van der Waals surface area contributed by atoms with E-state index >= 15 is 0 Å². The number of sulfonamides is 1. The molecule has 2 rings (SSSR count). The molecule has 0 saturated carbocycles. The topological polar surface area (TPSA) is 120 Å². The van der Waals surface area contributed by atoms with Crippen LogP contribution in [0.5, 0.6) is 0 Å². The number of nitrogens with zero attached hydrogens (tertiary/aromatic N) is 3. The van der Waals surface area contributed by atoms with Crippen molar-refractivity contribution in [3.63, 3.8) is 0 Å². The summed E-state index contributed by atoms with van der Waals surface area (Å²) in [5, 5.41) is 7.12. The maximum Gasteiger partial charge on any atom is 0.281 e. The Labute approximate surface area is 133 Å². The Morgan fingerprint density at radius 1 is 1.48 bits per heavy atom. The average Bonchev–Trinajstić information content (AvgIpc) is 2.71. The zero-order valence-electron chi connectivity index (χ0n) is 10.5. The van der Waals surface area contributed by atoms with Crippen molar-refractivity contribution >= 4 is 49.1 Å². The van der Waals surface area contributed by atoms with Crippen LogP contribution in [0.2, 0.25) is 5.02 Å². The molecule has 0 spiro atoms. The van der Waals surface area contributed by atoms with Gasteiger partial charge in [-0.05, 0) is 34.1 Å². The molecule has 3 N–H and O–H groups in total. The summed E-state index contributed by atoms with van der Waals surface area (Å²) in [5.41, 5.74) is 5.30. The van der Waals surface area contributed by atoms with Crippen LogP contribution in [-0.2, 0) is 17.1 Å². The Bertz CT molecular complexity index is 801. The maximum absolute atomic E-state index is 12.3. The molecule has 0 fully saturated rings. The van der Waals surface area contributed by atoms with Gasteiger partial charge < -0.3 is 5.73 Å². The summed E-state index contributed by atoms with van der Waals surface area (Å²) in [5.74, 6) is -0.699. The van der Waals surface area contributed by atoms with Crippen molar-refractivity contribution in [1.82, 2.24) is 15.0 Å². The van der Waals surface area contributed by atoms with Crippen molar-refractivity contribution in [2.75, 3.05) is 4.72 Å². The van der Waals surface area contributed by atoms with Crippen LogP contribution in [0.25, 0.3) is 0 Å². The van der Waals surface area contributed by atoms with Gasteiger partial charge >= 0.3 is 0 Å². The zero-order valence-corrected chi connectivity index (χ0v) is 13.7. The highest BCUT2D eigenvalue weighted by Gasteiger charge is 2.25. The Balaban J connectivity index is 2.46. The maximum atomic E-state index is 12.3. The van der Waals surface area contributed by atoms with Gasteiger partial charge in [-0.15, -0.1) is 5.10 Å². The van der Waals surface area contributed by atoms with Crippen LogP contribution in [0.1, 0.15) is 10.4 Å². The highest BCUT2D eigenvalue weighted by Crippen LogP contribution is 2.27. The van der Waals surface area contributed by atoms with E-state index in [2.05, 4.69) is 31.0 Å². The summed E-state index contributed by atoms with van der Waals surface area (Å²) in [4.78, 5) is 11.1. The molecule has 0 saturated heterocycles. The van der Waals surface area contributed by atoms with Gasteiger partial charge in [0.15, 0.2) is 4.60 Å². The molecule has 0 aliphatic rings. The van der Waals surface area contributed by atoms with Crippen LogP contribution in [-0.4, -0.2) is 29.3 Å². The first-order valence-corrected chi connectivity index (χ1v) is 8.05. The first kappa shape index (κ1) is 15.7. The van der Waals surface area contributed by atoms with Crippen LogP contribution in [0.4, 0.5) is 5.69 Å². The molecule has 1 aromatic heterocycles. The van der Waals surface area contributed by atoms with Gasteiger partial charge in [0.2, 0.25) is 10.9 Å². The van der Waals surface area contributed by atoms with Gasteiger partial charge in [0.05, 0.1) is 10.7 Å². The lowest BCUT2D eigenvalue weighted by Gasteiger charge is -2.10. The first-order chi connectivity index (χ1) is 9.72. The van der Waals surface area contributed by atoms with Crippen molar-refractivity contribution in [2.45, 2.75) is 5.03 Å². The summed E-state index contributed by atoms with van der Waals surface area (Å²) in [6, 6.07) is 4.01. The van der Waals surface area contributed by atoms with E-state index < -0.39 is 15.9 Å². The second kappa shape index (κ2) is 5.62. The lowest BCUT2D eigenvalue weighted by atomic mass is 10.2. The van der Waals surface area contributed by atoms with Gasteiger partial charge in [0, 0.05) is 12.6 Å². The number of anilines is 1. The lowest BCUT2D eigenvalue weighted by Crippen LogP contribution is -2.18. The van der Waals surface area contributed by atoms with E-state index in [9.17, 15) is 13.2 Å². The molecule has 1 amide bonds. The summed E-state index contributed by atoms with van der Waals surface area (Å²) in [7, 11) is -2.57. The van der Waals surface area contributed by atoms with Gasteiger partial charge in [-0.2, -0.15) is 8.42 Å². The molecule has 0 aliphatic heterocycles. The second-order valence-electron chi connectivity index (χ2n) is 3.97. The van der Waals surface area contributed by atoms with Crippen LogP contribution in [0.15, 0.2) is 27.8 Å². The summed E-state index contributed by atoms with van der Waals surface area (Å²) >= 11 is 8.92. The molecule has 11 heteroatoms. The molecule has 21 heavy (non-hydrogen) atoms. The standard InChI is InChI=1S/C10H9BrClN5O3S/c1-17-10(8(11)14-16-17)21(19,20)15-7-4-5(9(13)18)2-3-6(7)12/h2-4,15H,1H3,(H2,13,18). The van der Waals surface area contributed by atoms with E-state index in [-0.39, 0.29) is 25.9 Å². The largest absolute Gasteiger partial charge is 0.366 e. The van der Waals surface area contributed by atoms with Crippen molar-refractivity contribution in [1.29, 1.82) is 0 Å². The smallest absolute Gasteiger partial charge is 0.281 e. The predicted molar refractivity (Wildman–Crippen MR) is 79.5 cm³/mol. The van der Waals surface area contributed by atoms with Crippen LogP contribution < -0.4 is 10.5 Å². The first-order valence-electron chi connectivity index (χ1n) is 5.39. The van der Waals surface area contributed by atoms with Gasteiger partial charge in [0.1, 0.15) is 0 Å². The van der Waals surface area contributed by atoms with Crippen molar-refractivity contribution < 1.29 is 13.2 Å². The van der Waals surface area contributed by atoms with Crippen LogP contribution in [0.3, 0.4) is 0 Å². The molecule has 0 atom stereocenters. The third kappa shape index (κ3) is 3.17. The number of nitrogens with one attached hydrogen (secondary N) is 1. The minimum absolute atomic E-state index is 0.0288. The van der Waals surface area contributed by atoms with E-state index in [4.69, 9.17) is 17.3 Å². The molecule has 0 aliphatic carbocycles. The summed E-state index contributed by atoms with van der Waals surface area (Å²) in [6.07, 6.45) is 0. The van der Waals surface area contributed by atoms with E-state index in [1.54, 1.807) is 0 Å². The third-order valence-corrected chi connectivity index (χ3v) is 5.07. The summed E-state index contributed by atoms with van der Waals surface area (Å²) in [6.45, 7) is 0. The number of aryl methyl sites for hydroxylation is 1. The third-order valence-electron chi connectivity index (χ3n) is 2.49. The van der Waals surface area contributed by atoms with E-state index in [1.165, 1.54) is 25.2 Å². The minimum Gasteiger partial charge on any atom is -0.366 e. The monoisotopic (exact) mass is 393 g/mol. The Morgan fingerprint density at radius 2 is 2.14 bits per heavy atom. The molecule has 0 unspecified atom stereocenters. The van der Waals surface area contributed by atoms with Gasteiger partial charge in [0.25, 0.3) is 10.0 Å². The second-order valence-corrected chi connectivity index (χ2v) is 6.73. The number of primary amides is 1. The fraction of sp³-hybridized carbons (Fsp3) is 0.100. The number of rotatable bonds is 4. The van der Waals surface area contributed by atoms with Gasteiger partial charge in [-0.3, -0.25) is 9.52 Å². The zero-order chi connectivity index (χ0) is 15.8. The number of hydrogen-bond donors (Lipinski definition) is 2. The van der Waals surface area contributed by atoms with Crippen molar-refractivity contribution in [3.8, 4) is 0 Å². The fourth-order valence-electron chi connectivity index (χ4n) is 1.56. The highest BCUT2D eigenvalue weighted by molar-refractivity contribution is 9.10.